The van der Waals surface area contributed by atoms with E-state index in [2.05, 4.69) is 12.1 Å². The van der Waals surface area contributed by atoms with E-state index in [4.69, 9.17) is 10.5 Å². The van der Waals surface area contributed by atoms with Gasteiger partial charge in [0.1, 0.15) is 0 Å². The first-order valence-corrected chi connectivity index (χ1v) is 4.41. The molecule has 0 unspecified atom stereocenters. The monoisotopic (exact) mass is 180 g/mol. The van der Waals surface area contributed by atoms with Gasteiger partial charge < -0.3 is 0 Å². The molecule has 0 saturated carbocycles. The van der Waals surface area contributed by atoms with Gasteiger partial charge in [-0.05, 0) is 11.1 Å². The lowest BCUT2D eigenvalue weighted by Crippen LogP contribution is -2.24. The van der Waals surface area contributed by atoms with Gasteiger partial charge in [0, 0.05) is 6.42 Å². The minimum absolute atomic E-state index is 0.483. The Labute approximate surface area is 82.7 Å². The SMILES string of the molecule is N#CC1(C#N)CC=Cc2ccccc21. The summed E-state index contributed by atoms with van der Waals surface area (Å²) in [6, 6.07) is 11.8. The highest BCUT2D eigenvalue weighted by molar-refractivity contribution is 5.63. The summed E-state index contributed by atoms with van der Waals surface area (Å²) in [6.45, 7) is 0. The predicted molar refractivity (Wildman–Crippen MR) is 53.0 cm³/mol. The summed E-state index contributed by atoms with van der Waals surface area (Å²) < 4.78 is 0. The molecule has 2 rings (SSSR count). The topological polar surface area (TPSA) is 47.6 Å². The molecular formula is C12H8N2. The van der Waals surface area contributed by atoms with Crippen molar-refractivity contribution in [1.29, 1.82) is 10.5 Å². The van der Waals surface area contributed by atoms with Crippen LogP contribution in [0.15, 0.2) is 30.3 Å². The normalized spacial score (nSPS) is 16.4. The minimum atomic E-state index is -0.981. The third-order valence-corrected chi connectivity index (χ3v) is 2.52. The van der Waals surface area contributed by atoms with Gasteiger partial charge in [0.15, 0.2) is 5.41 Å². The van der Waals surface area contributed by atoms with E-state index in [1.54, 1.807) is 0 Å². The molecule has 0 aromatic heterocycles. The average Bonchev–Trinajstić information content (AvgIpc) is 2.28. The molecule has 0 radical (unpaired) electrons. The minimum Gasteiger partial charge on any atom is -0.196 e. The van der Waals surface area contributed by atoms with Gasteiger partial charge in [-0.15, -0.1) is 0 Å². The average molecular weight is 180 g/mol. The first kappa shape index (κ1) is 8.53. The molecule has 0 aliphatic heterocycles. The molecule has 1 aliphatic carbocycles. The number of hydrogen-bond donors (Lipinski definition) is 0. The molecular weight excluding hydrogens is 172 g/mol. The summed E-state index contributed by atoms with van der Waals surface area (Å²) in [6.07, 6.45) is 4.33. The number of fused-ring (bicyclic) bond motifs is 1. The van der Waals surface area contributed by atoms with E-state index in [1.807, 2.05) is 36.4 Å². The van der Waals surface area contributed by atoms with Crippen LogP contribution in [0, 0.1) is 22.7 Å². The molecule has 1 aliphatic rings. The van der Waals surface area contributed by atoms with E-state index in [9.17, 15) is 0 Å². The van der Waals surface area contributed by atoms with Crippen LogP contribution >= 0.6 is 0 Å². The zero-order chi connectivity index (χ0) is 10.0. The molecule has 0 fully saturated rings. The summed E-state index contributed by atoms with van der Waals surface area (Å²) in [5, 5.41) is 18.2. The zero-order valence-electron chi connectivity index (χ0n) is 7.57. The number of hydrogen-bond acceptors (Lipinski definition) is 2. The molecule has 1 aromatic carbocycles. The first-order chi connectivity index (χ1) is 6.82. The van der Waals surface area contributed by atoms with Crippen LogP contribution in [-0.4, -0.2) is 0 Å². The summed E-state index contributed by atoms with van der Waals surface area (Å²) in [5.41, 5.74) is 0.820. The maximum atomic E-state index is 9.08. The Morgan fingerprint density at radius 2 is 1.86 bits per heavy atom. The van der Waals surface area contributed by atoms with Crippen LogP contribution in [-0.2, 0) is 5.41 Å². The van der Waals surface area contributed by atoms with E-state index in [1.165, 1.54) is 0 Å². The Balaban J connectivity index is 2.69. The van der Waals surface area contributed by atoms with E-state index < -0.39 is 5.41 Å². The fraction of sp³-hybridized carbons (Fsp3) is 0.167. The smallest absolute Gasteiger partial charge is 0.172 e. The summed E-state index contributed by atoms with van der Waals surface area (Å²) >= 11 is 0. The molecule has 0 N–H and O–H groups in total. The van der Waals surface area contributed by atoms with Crippen molar-refractivity contribution in [2.24, 2.45) is 0 Å². The van der Waals surface area contributed by atoms with Gasteiger partial charge in [0.2, 0.25) is 0 Å². The highest BCUT2D eigenvalue weighted by Crippen LogP contribution is 2.34. The van der Waals surface area contributed by atoms with Gasteiger partial charge >= 0.3 is 0 Å². The third-order valence-electron chi connectivity index (χ3n) is 2.52. The second-order valence-corrected chi connectivity index (χ2v) is 3.32. The van der Waals surface area contributed by atoms with E-state index in [-0.39, 0.29) is 0 Å². The summed E-state index contributed by atoms with van der Waals surface area (Å²) in [4.78, 5) is 0. The lowest BCUT2D eigenvalue weighted by molar-refractivity contribution is 0.705. The lowest BCUT2D eigenvalue weighted by atomic mass is 9.75. The number of nitrogens with zero attached hydrogens (tertiary/aromatic N) is 2. The Hall–Kier alpha value is -2.06. The maximum absolute atomic E-state index is 9.08. The van der Waals surface area contributed by atoms with Gasteiger partial charge in [-0.2, -0.15) is 10.5 Å². The van der Waals surface area contributed by atoms with Gasteiger partial charge in [-0.3, -0.25) is 0 Å². The van der Waals surface area contributed by atoms with Crippen molar-refractivity contribution >= 4 is 6.08 Å². The van der Waals surface area contributed by atoms with Crippen LogP contribution in [0.2, 0.25) is 0 Å². The molecule has 66 valence electrons. The Morgan fingerprint density at radius 1 is 1.14 bits per heavy atom. The largest absolute Gasteiger partial charge is 0.196 e. The molecule has 0 atom stereocenters. The molecule has 2 heteroatoms. The second kappa shape index (κ2) is 3.01. The molecule has 0 amide bonds. The summed E-state index contributed by atoms with van der Waals surface area (Å²) in [7, 11) is 0. The van der Waals surface area contributed by atoms with Crippen molar-refractivity contribution in [1.82, 2.24) is 0 Å². The lowest BCUT2D eigenvalue weighted by Gasteiger charge is -2.22. The van der Waals surface area contributed by atoms with E-state index in [0.29, 0.717) is 6.42 Å². The molecule has 0 heterocycles. The third kappa shape index (κ3) is 1.02. The van der Waals surface area contributed by atoms with Gasteiger partial charge in [-0.1, -0.05) is 36.4 Å². The Bertz CT molecular complexity index is 458. The van der Waals surface area contributed by atoms with Crippen LogP contribution in [0.5, 0.6) is 0 Å². The molecule has 2 nitrogen and oxygen atoms in total. The zero-order valence-corrected chi connectivity index (χ0v) is 7.57. The molecule has 0 bridgehead atoms. The Kier molecular flexibility index (Phi) is 1.84. The number of nitriles is 2. The molecule has 14 heavy (non-hydrogen) atoms. The highest BCUT2D eigenvalue weighted by Gasteiger charge is 2.34. The number of benzene rings is 1. The quantitative estimate of drug-likeness (QED) is 0.615. The molecule has 0 spiro atoms. The summed E-state index contributed by atoms with van der Waals surface area (Å²) in [5.74, 6) is 0. The fourth-order valence-corrected chi connectivity index (χ4v) is 1.74. The molecule has 0 saturated heterocycles. The van der Waals surface area contributed by atoms with Crippen LogP contribution in [0.4, 0.5) is 0 Å². The van der Waals surface area contributed by atoms with Crippen molar-refractivity contribution in [2.75, 3.05) is 0 Å². The second-order valence-electron chi connectivity index (χ2n) is 3.32. The molecule has 1 aromatic rings. The highest BCUT2D eigenvalue weighted by atomic mass is 14.4. The van der Waals surface area contributed by atoms with Crippen molar-refractivity contribution in [3.05, 3.63) is 41.5 Å². The van der Waals surface area contributed by atoms with Crippen LogP contribution in [0.3, 0.4) is 0 Å². The first-order valence-electron chi connectivity index (χ1n) is 4.41. The van der Waals surface area contributed by atoms with Crippen molar-refractivity contribution in [3.8, 4) is 12.1 Å². The number of rotatable bonds is 0. The Morgan fingerprint density at radius 3 is 2.57 bits per heavy atom. The van der Waals surface area contributed by atoms with Crippen LogP contribution in [0.1, 0.15) is 17.5 Å². The van der Waals surface area contributed by atoms with Crippen molar-refractivity contribution in [2.45, 2.75) is 11.8 Å². The number of allylic oxidation sites excluding steroid dienone is 1. The van der Waals surface area contributed by atoms with Crippen LogP contribution < -0.4 is 0 Å². The van der Waals surface area contributed by atoms with Crippen molar-refractivity contribution in [3.63, 3.8) is 0 Å². The van der Waals surface area contributed by atoms with Gasteiger partial charge in [0.25, 0.3) is 0 Å². The fourth-order valence-electron chi connectivity index (χ4n) is 1.74. The standard InChI is InChI=1S/C12H8N2/c13-8-12(9-14)7-3-5-10-4-1-2-6-11(10)12/h1-6H,7H2. The van der Waals surface area contributed by atoms with E-state index >= 15 is 0 Å². The predicted octanol–water partition coefficient (Wildman–Crippen LogP) is 2.39. The van der Waals surface area contributed by atoms with Crippen molar-refractivity contribution < 1.29 is 0 Å². The maximum Gasteiger partial charge on any atom is 0.172 e. The van der Waals surface area contributed by atoms with Gasteiger partial charge in [-0.25, -0.2) is 0 Å². The van der Waals surface area contributed by atoms with E-state index in [0.717, 1.165) is 11.1 Å². The van der Waals surface area contributed by atoms with Gasteiger partial charge in [0.05, 0.1) is 12.1 Å². The van der Waals surface area contributed by atoms with Crippen LogP contribution in [0.25, 0.3) is 6.08 Å².